The zero-order valence-corrected chi connectivity index (χ0v) is 9.64. The predicted molar refractivity (Wildman–Crippen MR) is 55.9 cm³/mol. The lowest BCUT2D eigenvalue weighted by Gasteiger charge is -2.11. The third-order valence-corrected chi connectivity index (χ3v) is 4.61. The van der Waals surface area contributed by atoms with Crippen molar-refractivity contribution in [2.75, 3.05) is 6.26 Å². The zero-order chi connectivity index (χ0) is 10.8. The van der Waals surface area contributed by atoms with Gasteiger partial charge in [-0.2, -0.15) is 0 Å². The SMILES string of the molecule is CC(C(=O)CC1CCCC1)S(C)(=O)=O. The Morgan fingerprint density at radius 3 is 2.29 bits per heavy atom. The van der Waals surface area contributed by atoms with Crippen LogP contribution in [0.1, 0.15) is 39.0 Å². The molecule has 0 heterocycles. The van der Waals surface area contributed by atoms with Gasteiger partial charge in [-0.15, -0.1) is 0 Å². The Bertz CT molecular complexity index is 299. The zero-order valence-electron chi connectivity index (χ0n) is 8.82. The largest absolute Gasteiger partial charge is 0.298 e. The van der Waals surface area contributed by atoms with Crippen molar-refractivity contribution in [2.45, 2.75) is 44.3 Å². The molecule has 1 saturated carbocycles. The first-order chi connectivity index (χ1) is 6.41. The second kappa shape index (κ2) is 4.43. The fourth-order valence-electron chi connectivity index (χ4n) is 1.90. The molecule has 0 N–H and O–H groups in total. The number of sulfone groups is 1. The summed E-state index contributed by atoms with van der Waals surface area (Å²) < 4.78 is 22.3. The van der Waals surface area contributed by atoms with E-state index in [1.54, 1.807) is 0 Å². The summed E-state index contributed by atoms with van der Waals surface area (Å²) in [5, 5.41) is -0.817. The average Bonchev–Trinajstić information content (AvgIpc) is 2.53. The molecule has 1 aliphatic carbocycles. The molecule has 0 radical (unpaired) electrons. The van der Waals surface area contributed by atoms with Crippen LogP contribution in [-0.4, -0.2) is 25.7 Å². The molecular formula is C10H18O3S. The lowest BCUT2D eigenvalue weighted by Crippen LogP contribution is -2.27. The van der Waals surface area contributed by atoms with Crippen LogP contribution in [0, 0.1) is 5.92 Å². The summed E-state index contributed by atoms with van der Waals surface area (Å²) in [4.78, 5) is 11.6. The highest BCUT2D eigenvalue weighted by molar-refractivity contribution is 7.92. The molecule has 0 amide bonds. The van der Waals surface area contributed by atoms with Crippen molar-refractivity contribution in [3.05, 3.63) is 0 Å². The lowest BCUT2D eigenvalue weighted by atomic mass is 10.00. The van der Waals surface area contributed by atoms with Gasteiger partial charge in [-0.3, -0.25) is 4.79 Å². The van der Waals surface area contributed by atoms with E-state index in [0.717, 1.165) is 19.1 Å². The van der Waals surface area contributed by atoms with E-state index in [1.807, 2.05) is 0 Å². The quantitative estimate of drug-likeness (QED) is 0.719. The summed E-state index contributed by atoms with van der Waals surface area (Å²) in [7, 11) is -3.19. The van der Waals surface area contributed by atoms with Crippen LogP contribution in [0.25, 0.3) is 0 Å². The summed E-state index contributed by atoms with van der Waals surface area (Å²) in [5.41, 5.74) is 0. The van der Waals surface area contributed by atoms with Crippen LogP contribution in [0.2, 0.25) is 0 Å². The maximum absolute atomic E-state index is 11.6. The number of hydrogen-bond acceptors (Lipinski definition) is 3. The Balaban J connectivity index is 2.49. The van der Waals surface area contributed by atoms with E-state index < -0.39 is 15.1 Å². The van der Waals surface area contributed by atoms with E-state index in [-0.39, 0.29) is 5.78 Å². The fourth-order valence-corrected chi connectivity index (χ4v) is 2.48. The molecule has 1 atom stereocenters. The van der Waals surface area contributed by atoms with Crippen LogP contribution in [-0.2, 0) is 14.6 Å². The van der Waals surface area contributed by atoms with Gasteiger partial charge in [-0.1, -0.05) is 25.7 Å². The maximum atomic E-state index is 11.6. The molecule has 1 rings (SSSR count). The van der Waals surface area contributed by atoms with E-state index in [2.05, 4.69) is 0 Å². The van der Waals surface area contributed by atoms with Crippen molar-refractivity contribution in [3.8, 4) is 0 Å². The van der Waals surface area contributed by atoms with E-state index in [0.29, 0.717) is 12.3 Å². The molecular weight excluding hydrogens is 200 g/mol. The number of rotatable bonds is 4. The predicted octanol–water partition coefficient (Wildman–Crippen LogP) is 1.57. The van der Waals surface area contributed by atoms with Gasteiger partial charge in [0.15, 0.2) is 15.6 Å². The molecule has 1 fully saturated rings. The summed E-state index contributed by atoms with van der Waals surface area (Å²) >= 11 is 0. The van der Waals surface area contributed by atoms with Gasteiger partial charge < -0.3 is 0 Å². The maximum Gasteiger partial charge on any atom is 0.157 e. The number of carbonyl (C=O) groups is 1. The fraction of sp³-hybridized carbons (Fsp3) is 0.900. The van der Waals surface area contributed by atoms with Gasteiger partial charge in [-0.25, -0.2) is 8.42 Å². The Morgan fingerprint density at radius 1 is 1.36 bits per heavy atom. The molecule has 1 aliphatic rings. The van der Waals surface area contributed by atoms with E-state index in [1.165, 1.54) is 19.8 Å². The van der Waals surface area contributed by atoms with Crippen LogP contribution in [0.4, 0.5) is 0 Å². The van der Waals surface area contributed by atoms with Gasteiger partial charge in [0.25, 0.3) is 0 Å². The molecule has 3 nitrogen and oxygen atoms in total. The molecule has 0 spiro atoms. The first-order valence-corrected chi connectivity index (χ1v) is 7.08. The topological polar surface area (TPSA) is 51.2 Å². The van der Waals surface area contributed by atoms with Crippen LogP contribution < -0.4 is 0 Å². The van der Waals surface area contributed by atoms with E-state index in [9.17, 15) is 13.2 Å². The van der Waals surface area contributed by atoms with Gasteiger partial charge in [0.1, 0.15) is 5.25 Å². The minimum Gasteiger partial charge on any atom is -0.298 e. The second-order valence-corrected chi connectivity index (χ2v) is 6.66. The molecule has 82 valence electrons. The van der Waals surface area contributed by atoms with Crippen LogP contribution >= 0.6 is 0 Å². The molecule has 14 heavy (non-hydrogen) atoms. The highest BCUT2D eigenvalue weighted by Crippen LogP contribution is 2.28. The molecule has 0 bridgehead atoms. The van der Waals surface area contributed by atoms with Gasteiger partial charge in [-0.05, 0) is 12.8 Å². The number of Topliss-reactive ketones (excluding diaryl/α,β-unsaturated/α-hetero) is 1. The van der Waals surface area contributed by atoms with Crippen LogP contribution in [0.3, 0.4) is 0 Å². The molecule has 0 aromatic carbocycles. The van der Waals surface area contributed by atoms with Gasteiger partial charge in [0.2, 0.25) is 0 Å². The molecule has 0 saturated heterocycles. The van der Waals surface area contributed by atoms with Crippen molar-refractivity contribution in [2.24, 2.45) is 5.92 Å². The second-order valence-electron chi connectivity index (χ2n) is 4.29. The first kappa shape index (κ1) is 11.7. The van der Waals surface area contributed by atoms with E-state index >= 15 is 0 Å². The monoisotopic (exact) mass is 218 g/mol. The summed E-state index contributed by atoms with van der Waals surface area (Å²) in [6.45, 7) is 1.49. The van der Waals surface area contributed by atoms with Crippen molar-refractivity contribution < 1.29 is 13.2 Å². The van der Waals surface area contributed by atoms with Crippen molar-refractivity contribution >= 4 is 15.6 Å². The molecule has 4 heteroatoms. The number of ketones is 1. The Kier molecular flexibility index (Phi) is 3.70. The minimum atomic E-state index is -3.19. The molecule has 1 unspecified atom stereocenters. The summed E-state index contributed by atoms with van der Waals surface area (Å²) in [6.07, 6.45) is 6.12. The lowest BCUT2D eigenvalue weighted by molar-refractivity contribution is -0.119. The van der Waals surface area contributed by atoms with Crippen LogP contribution in [0.5, 0.6) is 0 Å². The standard InChI is InChI=1S/C10H18O3S/c1-8(14(2,12)13)10(11)7-9-5-3-4-6-9/h8-9H,3-7H2,1-2H3. The molecule has 0 aromatic heterocycles. The third-order valence-electron chi connectivity index (χ3n) is 3.06. The van der Waals surface area contributed by atoms with Gasteiger partial charge >= 0.3 is 0 Å². The van der Waals surface area contributed by atoms with Crippen molar-refractivity contribution in [1.29, 1.82) is 0 Å². The van der Waals surface area contributed by atoms with Crippen molar-refractivity contribution in [3.63, 3.8) is 0 Å². The normalized spacial score (nSPS) is 21.0. The average molecular weight is 218 g/mol. The summed E-state index contributed by atoms with van der Waals surface area (Å²) in [6, 6.07) is 0. The summed E-state index contributed by atoms with van der Waals surface area (Å²) in [5.74, 6) is 0.325. The van der Waals surface area contributed by atoms with Gasteiger partial charge in [0, 0.05) is 12.7 Å². The minimum absolute atomic E-state index is 0.112. The Labute approximate surface area is 85.8 Å². The third kappa shape index (κ3) is 3.08. The van der Waals surface area contributed by atoms with E-state index in [4.69, 9.17) is 0 Å². The first-order valence-electron chi connectivity index (χ1n) is 5.13. The Morgan fingerprint density at radius 2 is 1.86 bits per heavy atom. The highest BCUT2D eigenvalue weighted by atomic mass is 32.2. The smallest absolute Gasteiger partial charge is 0.157 e. The van der Waals surface area contributed by atoms with Crippen molar-refractivity contribution in [1.82, 2.24) is 0 Å². The molecule has 0 aromatic rings. The highest BCUT2D eigenvalue weighted by Gasteiger charge is 2.27. The number of hydrogen-bond donors (Lipinski definition) is 0. The number of carbonyl (C=O) groups excluding carboxylic acids is 1. The molecule has 0 aliphatic heterocycles. The van der Waals surface area contributed by atoms with Gasteiger partial charge in [0.05, 0.1) is 0 Å². The Hall–Kier alpha value is -0.380. The van der Waals surface area contributed by atoms with Crippen LogP contribution in [0.15, 0.2) is 0 Å².